The zero-order valence-electron chi connectivity index (χ0n) is 12.7. The topological polar surface area (TPSA) is 32.3 Å². The van der Waals surface area contributed by atoms with E-state index in [2.05, 4.69) is 30.9 Å². The Kier molecular flexibility index (Phi) is 6.04. The van der Waals surface area contributed by atoms with E-state index in [1.54, 1.807) is 0 Å². The second-order valence-electron chi connectivity index (χ2n) is 6.77. The molecule has 0 aliphatic heterocycles. The van der Waals surface area contributed by atoms with Crippen molar-refractivity contribution in [3.05, 3.63) is 0 Å². The molecule has 2 nitrogen and oxygen atoms in total. The molecule has 3 heteroatoms. The average Bonchev–Trinajstić information content (AvgIpc) is 3.00. The van der Waals surface area contributed by atoms with Gasteiger partial charge in [-0.2, -0.15) is 11.8 Å². The Morgan fingerprint density at radius 2 is 1.95 bits per heavy atom. The van der Waals surface area contributed by atoms with Crippen LogP contribution in [0, 0.1) is 5.92 Å². The van der Waals surface area contributed by atoms with Crippen LogP contribution in [0.5, 0.6) is 0 Å². The van der Waals surface area contributed by atoms with Crippen LogP contribution in [0.25, 0.3) is 0 Å². The number of hydrogen-bond acceptors (Lipinski definition) is 3. The molecule has 0 aromatic rings. The first-order valence-corrected chi connectivity index (χ1v) is 9.21. The van der Waals surface area contributed by atoms with Crippen LogP contribution in [0.4, 0.5) is 0 Å². The quantitative estimate of drug-likeness (QED) is 0.750. The average molecular weight is 285 g/mol. The zero-order valence-corrected chi connectivity index (χ0v) is 13.5. The van der Waals surface area contributed by atoms with Crippen LogP contribution in [-0.2, 0) is 0 Å². The molecule has 2 unspecified atom stereocenters. The minimum Gasteiger partial charge on any atom is -0.394 e. The molecule has 0 heterocycles. The van der Waals surface area contributed by atoms with E-state index in [0.29, 0.717) is 18.6 Å². The van der Waals surface area contributed by atoms with Crippen molar-refractivity contribution in [2.24, 2.45) is 5.92 Å². The van der Waals surface area contributed by atoms with Gasteiger partial charge in [0.05, 0.1) is 6.61 Å². The van der Waals surface area contributed by atoms with Crippen LogP contribution in [0.15, 0.2) is 0 Å². The highest BCUT2D eigenvalue weighted by atomic mass is 32.2. The van der Waals surface area contributed by atoms with Crippen molar-refractivity contribution < 1.29 is 5.11 Å². The molecule has 2 rings (SSSR count). The fourth-order valence-electron chi connectivity index (χ4n) is 4.02. The van der Waals surface area contributed by atoms with Crippen molar-refractivity contribution in [2.75, 3.05) is 12.4 Å². The maximum atomic E-state index is 9.88. The molecular weight excluding hydrogens is 254 g/mol. The molecule has 0 amide bonds. The normalized spacial score (nSPS) is 32.5. The molecule has 2 saturated carbocycles. The van der Waals surface area contributed by atoms with Crippen LogP contribution in [-0.4, -0.2) is 34.3 Å². The van der Waals surface area contributed by atoms with Gasteiger partial charge in [-0.3, -0.25) is 0 Å². The van der Waals surface area contributed by atoms with Gasteiger partial charge in [0.2, 0.25) is 0 Å². The van der Waals surface area contributed by atoms with Gasteiger partial charge in [0.1, 0.15) is 0 Å². The lowest BCUT2D eigenvalue weighted by Crippen LogP contribution is -2.54. The van der Waals surface area contributed by atoms with E-state index in [9.17, 15) is 5.11 Å². The Morgan fingerprint density at radius 3 is 2.58 bits per heavy atom. The summed E-state index contributed by atoms with van der Waals surface area (Å²) in [5.74, 6) is 1.96. The van der Waals surface area contributed by atoms with Crippen molar-refractivity contribution in [2.45, 2.75) is 82.0 Å². The third kappa shape index (κ3) is 4.12. The summed E-state index contributed by atoms with van der Waals surface area (Å²) in [6, 6.07) is 0.468. The molecular formula is C16H31NOS. The molecule has 0 bridgehead atoms. The number of hydrogen-bond donors (Lipinski definition) is 2. The van der Waals surface area contributed by atoms with Gasteiger partial charge in [-0.05, 0) is 43.8 Å². The third-order valence-corrected chi connectivity index (χ3v) is 6.35. The summed E-state index contributed by atoms with van der Waals surface area (Å²) in [5.41, 5.74) is 0.0183. The lowest BCUT2D eigenvalue weighted by molar-refractivity contribution is 0.113. The second-order valence-corrected chi connectivity index (χ2v) is 8.18. The number of rotatable bonds is 7. The van der Waals surface area contributed by atoms with E-state index < -0.39 is 0 Å². The smallest absolute Gasteiger partial charge is 0.0616 e. The molecule has 0 aromatic heterocycles. The van der Waals surface area contributed by atoms with Crippen molar-refractivity contribution in [1.82, 2.24) is 5.32 Å². The Balaban J connectivity index is 1.79. The standard InChI is InChI=1S/C16H31NOS/c1-13(2)17-16(12-18)10-5-6-14(16)9-11-19-15-7-3-4-8-15/h13-15,17-18H,3-12H2,1-2H3. The summed E-state index contributed by atoms with van der Waals surface area (Å²) >= 11 is 2.19. The van der Waals surface area contributed by atoms with Crippen LogP contribution in [0.3, 0.4) is 0 Å². The predicted octanol–water partition coefficient (Wildman–Crippen LogP) is 3.58. The molecule has 2 atom stereocenters. The number of aliphatic hydroxyl groups excluding tert-OH is 1. The van der Waals surface area contributed by atoms with Gasteiger partial charge in [-0.15, -0.1) is 0 Å². The fraction of sp³-hybridized carbons (Fsp3) is 1.00. The monoisotopic (exact) mass is 285 g/mol. The summed E-state index contributed by atoms with van der Waals surface area (Å²) in [4.78, 5) is 0. The lowest BCUT2D eigenvalue weighted by Gasteiger charge is -2.37. The summed E-state index contributed by atoms with van der Waals surface area (Å²) < 4.78 is 0. The van der Waals surface area contributed by atoms with E-state index >= 15 is 0 Å². The second kappa shape index (κ2) is 7.33. The summed E-state index contributed by atoms with van der Waals surface area (Å²) in [6.45, 7) is 4.70. The van der Waals surface area contributed by atoms with E-state index in [-0.39, 0.29) is 5.54 Å². The van der Waals surface area contributed by atoms with Gasteiger partial charge in [-0.1, -0.05) is 33.1 Å². The molecule has 2 aliphatic carbocycles. The van der Waals surface area contributed by atoms with E-state index in [1.807, 2.05) is 0 Å². The Labute approximate surface area is 123 Å². The SMILES string of the molecule is CC(C)NC1(CO)CCCC1CCSC1CCCC1. The zero-order chi connectivity index (χ0) is 13.7. The molecule has 0 saturated heterocycles. The van der Waals surface area contributed by atoms with Crippen LogP contribution in [0.1, 0.15) is 65.2 Å². The van der Waals surface area contributed by atoms with Crippen LogP contribution < -0.4 is 5.32 Å². The van der Waals surface area contributed by atoms with Gasteiger partial charge >= 0.3 is 0 Å². The third-order valence-electron chi connectivity index (χ3n) is 4.94. The predicted molar refractivity (Wildman–Crippen MR) is 84.8 cm³/mol. The van der Waals surface area contributed by atoms with Gasteiger partial charge in [0.25, 0.3) is 0 Å². The molecule has 0 radical (unpaired) electrons. The van der Waals surface area contributed by atoms with Crippen LogP contribution in [0.2, 0.25) is 0 Å². The highest BCUT2D eigenvalue weighted by molar-refractivity contribution is 7.99. The summed E-state index contributed by atoms with van der Waals surface area (Å²) in [5, 5.41) is 14.5. The maximum Gasteiger partial charge on any atom is 0.0616 e. The first kappa shape index (κ1) is 15.7. The molecule has 0 spiro atoms. The van der Waals surface area contributed by atoms with E-state index in [1.165, 1.54) is 50.7 Å². The molecule has 0 aromatic carbocycles. The van der Waals surface area contributed by atoms with Gasteiger partial charge in [0.15, 0.2) is 0 Å². The minimum atomic E-state index is 0.0183. The molecule has 2 aliphatic rings. The highest BCUT2D eigenvalue weighted by Gasteiger charge is 2.42. The number of nitrogens with one attached hydrogen (secondary N) is 1. The van der Waals surface area contributed by atoms with Gasteiger partial charge in [-0.25, -0.2) is 0 Å². The van der Waals surface area contributed by atoms with Crippen LogP contribution >= 0.6 is 11.8 Å². The maximum absolute atomic E-state index is 9.88. The lowest BCUT2D eigenvalue weighted by atomic mass is 9.85. The van der Waals surface area contributed by atoms with Crippen molar-refractivity contribution in [1.29, 1.82) is 0 Å². The fourth-order valence-corrected chi connectivity index (χ4v) is 5.44. The number of thioether (sulfide) groups is 1. The first-order valence-electron chi connectivity index (χ1n) is 8.16. The Morgan fingerprint density at radius 1 is 1.21 bits per heavy atom. The minimum absolute atomic E-state index is 0.0183. The summed E-state index contributed by atoms with van der Waals surface area (Å²) in [7, 11) is 0. The van der Waals surface area contributed by atoms with Gasteiger partial charge < -0.3 is 10.4 Å². The Hall–Kier alpha value is 0.270. The van der Waals surface area contributed by atoms with Crippen molar-refractivity contribution in [3.63, 3.8) is 0 Å². The number of aliphatic hydroxyl groups is 1. The summed E-state index contributed by atoms with van der Waals surface area (Å²) in [6.07, 6.45) is 10.8. The van der Waals surface area contributed by atoms with Crippen molar-refractivity contribution >= 4 is 11.8 Å². The van der Waals surface area contributed by atoms with E-state index in [0.717, 1.165) is 11.7 Å². The largest absolute Gasteiger partial charge is 0.394 e. The van der Waals surface area contributed by atoms with Crippen molar-refractivity contribution in [3.8, 4) is 0 Å². The first-order chi connectivity index (χ1) is 9.16. The molecule has 19 heavy (non-hydrogen) atoms. The van der Waals surface area contributed by atoms with E-state index in [4.69, 9.17) is 0 Å². The Bertz CT molecular complexity index is 265. The molecule has 2 fully saturated rings. The highest BCUT2D eigenvalue weighted by Crippen LogP contribution is 2.40. The molecule has 112 valence electrons. The van der Waals surface area contributed by atoms with Gasteiger partial charge in [0, 0.05) is 16.8 Å². The molecule has 2 N–H and O–H groups in total.